The Kier molecular flexibility index (Phi) is 4.22. The molecule has 0 bridgehead atoms. The van der Waals surface area contributed by atoms with Crippen LogP contribution in [0.3, 0.4) is 0 Å². The lowest BCUT2D eigenvalue weighted by molar-refractivity contribution is 0.0771. The number of hydrogen-bond acceptors (Lipinski definition) is 4. The summed E-state index contributed by atoms with van der Waals surface area (Å²) < 4.78 is 11.5. The molecular weight excluding hydrogens is 342 g/mol. The fourth-order valence-electron chi connectivity index (χ4n) is 3.56. The molecule has 1 unspecified atom stereocenters. The molecule has 1 aliphatic heterocycles. The van der Waals surface area contributed by atoms with Crippen molar-refractivity contribution >= 4 is 16.9 Å². The van der Waals surface area contributed by atoms with Crippen molar-refractivity contribution in [2.75, 3.05) is 13.7 Å². The van der Waals surface area contributed by atoms with Gasteiger partial charge in [0.2, 0.25) is 5.76 Å². The topological polar surface area (TPSA) is 59.8 Å². The van der Waals surface area contributed by atoms with Crippen LogP contribution in [0.15, 0.2) is 51.7 Å². The molecule has 0 fully saturated rings. The van der Waals surface area contributed by atoms with Crippen LogP contribution in [0.2, 0.25) is 0 Å². The Labute approximate surface area is 157 Å². The van der Waals surface area contributed by atoms with Gasteiger partial charge in [0.25, 0.3) is 5.91 Å². The molecule has 0 saturated heterocycles. The van der Waals surface area contributed by atoms with Gasteiger partial charge in [0.15, 0.2) is 5.43 Å². The van der Waals surface area contributed by atoms with E-state index in [0.29, 0.717) is 23.1 Å². The molecule has 0 N–H and O–H groups in total. The van der Waals surface area contributed by atoms with Gasteiger partial charge in [-0.15, -0.1) is 0 Å². The van der Waals surface area contributed by atoms with Crippen LogP contribution in [0, 0.1) is 6.92 Å². The van der Waals surface area contributed by atoms with Crippen LogP contribution >= 0.6 is 0 Å². The molecular formula is C22H21NO4. The summed E-state index contributed by atoms with van der Waals surface area (Å²) in [5, 5.41) is 0.504. The van der Waals surface area contributed by atoms with Crippen LogP contribution in [-0.4, -0.2) is 24.5 Å². The van der Waals surface area contributed by atoms with Gasteiger partial charge in [0.05, 0.1) is 23.6 Å². The fraction of sp³-hybridized carbons (Fsp3) is 0.273. The van der Waals surface area contributed by atoms with Gasteiger partial charge in [0, 0.05) is 7.05 Å². The van der Waals surface area contributed by atoms with Crippen LogP contribution in [-0.2, 0) is 0 Å². The normalized spacial score (nSPS) is 16.0. The van der Waals surface area contributed by atoms with Gasteiger partial charge in [0.1, 0.15) is 11.3 Å². The van der Waals surface area contributed by atoms with Gasteiger partial charge in [-0.05, 0) is 43.2 Å². The third-order valence-electron chi connectivity index (χ3n) is 4.92. The monoisotopic (exact) mass is 363 g/mol. The second kappa shape index (κ2) is 6.58. The summed E-state index contributed by atoms with van der Waals surface area (Å²) in [6, 6.07) is 12.5. The lowest BCUT2D eigenvalue weighted by atomic mass is 9.98. The van der Waals surface area contributed by atoms with Crippen molar-refractivity contribution in [1.29, 1.82) is 0 Å². The molecule has 2 heterocycles. The van der Waals surface area contributed by atoms with E-state index < -0.39 is 6.04 Å². The van der Waals surface area contributed by atoms with Gasteiger partial charge in [-0.25, -0.2) is 0 Å². The van der Waals surface area contributed by atoms with Crippen LogP contribution < -0.4 is 10.2 Å². The number of aryl methyl sites for hydroxylation is 1. The zero-order chi connectivity index (χ0) is 19.1. The van der Waals surface area contributed by atoms with Gasteiger partial charge >= 0.3 is 0 Å². The number of rotatable bonds is 4. The zero-order valence-electron chi connectivity index (χ0n) is 15.6. The molecule has 1 aromatic heterocycles. The highest BCUT2D eigenvalue weighted by molar-refractivity contribution is 5.98. The summed E-state index contributed by atoms with van der Waals surface area (Å²) in [5.41, 5.74) is 2.52. The number of nitrogens with zero attached hydrogens (tertiary/aromatic N) is 1. The minimum Gasteiger partial charge on any atom is -0.494 e. The summed E-state index contributed by atoms with van der Waals surface area (Å²) in [6.45, 7) is 4.63. The molecule has 0 saturated carbocycles. The van der Waals surface area contributed by atoms with Crippen LogP contribution in [0.5, 0.6) is 5.75 Å². The molecule has 5 nitrogen and oxygen atoms in total. The number of ether oxygens (including phenoxy) is 1. The molecule has 5 heteroatoms. The molecule has 0 aliphatic carbocycles. The number of fused-ring (bicyclic) bond motifs is 2. The SMILES string of the molecule is CCCOc1ccc(C2c3c(oc4ccc(C)cc4c3=O)C(=O)N2C)cc1. The highest BCUT2D eigenvalue weighted by Gasteiger charge is 2.40. The number of benzene rings is 2. The highest BCUT2D eigenvalue weighted by atomic mass is 16.5. The number of carbonyl (C=O) groups excluding carboxylic acids is 1. The number of carbonyl (C=O) groups is 1. The molecule has 0 spiro atoms. The minimum atomic E-state index is -0.464. The first-order valence-corrected chi connectivity index (χ1v) is 9.08. The second-order valence-corrected chi connectivity index (χ2v) is 6.91. The number of hydrogen-bond donors (Lipinski definition) is 0. The van der Waals surface area contributed by atoms with Gasteiger partial charge in [-0.2, -0.15) is 0 Å². The Balaban J connectivity index is 1.85. The van der Waals surface area contributed by atoms with E-state index in [1.165, 1.54) is 0 Å². The predicted molar refractivity (Wildman–Crippen MR) is 103 cm³/mol. The maximum Gasteiger partial charge on any atom is 0.290 e. The largest absolute Gasteiger partial charge is 0.494 e. The summed E-state index contributed by atoms with van der Waals surface area (Å²) >= 11 is 0. The summed E-state index contributed by atoms with van der Waals surface area (Å²) in [7, 11) is 1.69. The smallest absolute Gasteiger partial charge is 0.290 e. The van der Waals surface area contributed by atoms with E-state index in [2.05, 4.69) is 6.92 Å². The first-order valence-electron chi connectivity index (χ1n) is 9.08. The van der Waals surface area contributed by atoms with Gasteiger partial charge < -0.3 is 14.1 Å². The van der Waals surface area contributed by atoms with Gasteiger partial charge in [-0.3, -0.25) is 9.59 Å². The van der Waals surface area contributed by atoms with E-state index in [1.807, 2.05) is 43.3 Å². The van der Waals surface area contributed by atoms with Crippen LogP contribution in [0.4, 0.5) is 0 Å². The zero-order valence-corrected chi connectivity index (χ0v) is 15.6. The first kappa shape index (κ1) is 17.3. The summed E-state index contributed by atoms with van der Waals surface area (Å²) in [5.74, 6) is 0.630. The Bertz CT molecular complexity index is 1080. The maximum atomic E-state index is 13.2. The van der Waals surface area contributed by atoms with Crippen molar-refractivity contribution in [1.82, 2.24) is 4.90 Å². The number of amides is 1. The molecule has 3 aromatic rings. The third kappa shape index (κ3) is 2.79. The van der Waals surface area contributed by atoms with E-state index in [-0.39, 0.29) is 17.1 Å². The molecule has 1 aliphatic rings. The van der Waals surface area contributed by atoms with Crippen LogP contribution in [0.25, 0.3) is 11.0 Å². The molecule has 4 rings (SSSR count). The molecule has 27 heavy (non-hydrogen) atoms. The average molecular weight is 363 g/mol. The average Bonchev–Trinajstić information content (AvgIpc) is 2.93. The Morgan fingerprint density at radius 3 is 2.56 bits per heavy atom. The van der Waals surface area contributed by atoms with Crippen molar-refractivity contribution < 1.29 is 13.9 Å². The fourth-order valence-corrected chi connectivity index (χ4v) is 3.56. The Morgan fingerprint density at radius 2 is 1.85 bits per heavy atom. The Hall–Kier alpha value is -3.08. The summed E-state index contributed by atoms with van der Waals surface area (Å²) in [4.78, 5) is 27.5. The summed E-state index contributed by atoms with van der Waals surface area (Å²) in [6.07, 6.45) is 0.933. The Morgan fingerprint density at radius 1 is 1.11 bits per heavy atom. The maximum absolute atomic E-state index is 13.2. The lowest BCUT2D eigenvalue weighted by Crippen LogP contribution is -2.25. The van der Waals surface area contributed by atoms with E-state index in [9.17, 15) is 9.59 Å². The highest BCUT2D eigenvalue weighted by Crippen LogP contribution is 2.37. The van der Waals surface area contributed by atoms with Crippen molar-refractivity contribution in [3.63, 3.8) is 0 Å². The molecule has 1 amide bonds. The van der Waals surface area contributed by atoms with Crippen molar-refractivity contribution in [3.8, 4) is 5.75 Å². The minimum absolute atomic E-state index is 0.134. The van der Waals surface area contributed by atoms with Crippen molar-refractivity contribution in [2.24, 2.45) is 0 Å². The van der Waals surface area contributed by atoms with E-state index in [1.54, 1.807) is 18.0 Å². The third-order valence-corrected chi connectivity index (χ3v) is 4.92. The van der Waals surface area contributed by atoms with Crippen molar-refractivity contribution in [3.05, 3.63) is 75.1 Å². The lowest BCUT2D eigenvalue weighted by Gasteiger charge is -2.20. The van der Waals surface area contributed by atoms with Crippen LogP contribution in [0.1, 0.15) is 46.6 Å². The quantitative estimate of drug-likeness (QED) is 0.701. The first-order chi connectivity index (χ1) is 13.0. The van der Waals surface area contributed by atoms with E-state index >= 15 is 0 Å². The van der Waals surface area contributed by atoms with Gasteiger partial charge in [-0.1, -0.05) is 30.7 Å². The predicted octanol–water partition coefficient (Wildman–Crippen LogP) is 4.07. The van der Waals surface area contributed by atoms with Crippen molar-refractivity contribution in [2.45, 2.75) is 26.3 Å². The standard InChI is InChI=1S/C22H21NO4/c1-4-11-26-15-8-6-14(7-9-15)19-18-20(24)16-12-13(2)5-10-17(16)27-21(18)22(25)23(19)3/h5-10,12,19H,4,11H2,1-3H3. The second-order valence-electron chi connectivity index (χ2n) is 6.91. The molecule has 2 aromatic carbocycles. The molecule has 1 atom stereocenters. The molecule has 0 radical (unpaired) electrons. The van der Waals surface area contributed by atoms with E-state index in [4.69, 9.17) is 9.15 Å². The van der Waals surface area contributed by atoms with E-state index in [0.717, 1.165) is 23.3 Å². The molecule has 138 valence electrons.